The molecule has 4 rings (SSSR count). The molecule has 164 valence electrons. The molecule has 0 aliphatic heterocycles. The van der Waals surface area contributed by atoms with Gasteiger partial charge in [0.25, 0.3) is 0 Å². The Morgan fingerprint density at radius 2 is 1.62 bits per heavy atom. The summed E-state index contributed by atoms with van der Waals surface area (Å²) in [6.45, 7) is 9.49. The molecule has 0 atom stereocenters. The summed E-state index contributed by atoms with van der Waals surface area (Å²) in [6.07, 6.45) is 0.255. The predicted molar refractivity (Wildman–Crippen MR) is 132 cm³/mol. The number of aromatic nitrogens is 1. The molecule has 0 amide bonds. The highest BCUT2D eigenvalue weighted by Crippen LogP contribution is 2.29. The van der Waals surface area contributed by atoms with Gasteiger partial charge in [-0.1, -0.05) is 80.9 Å². The van der Waals surface area contributed by atoms with E-state index in [9.17, 15) is 4.79 Å². The van der Waals surface area contributed by atoms with E-state index in [1.807, 2.05) is 0 Å². The molecule has 0 radical (unpaired) electrons. The zero-order valence-electron chi connectivity index (χ0n) is 19.6. The van der Waals surface area contributed by atoms with Crippen LogP contribution in [0.25, 0.3) is 22.0 Å². The molecular formula is C29H31NO2. The molecule has 1 heterocycles. The number of benzene rings is 3. The topological polar surface area (TPSA) is 31.2 Å². The van der Waals surface area contributed by atoms with Gasteiger partial charge in [-0.25, -0.2) is 0 Å². The van der Waals surface area contributed by atoms with E-state index in [0.29, 0.717) is 6.54 Å². The number of hydrogen-bond acceptors (Lipinski definition) is 2. The Kier molecular flexibility index (Phi) is 5.92. The lowest BCUT2D eigenvalue weighted by atomic mass is 9.87. The zero-order valence-corrected chi connectivity index (χ0v) is 19.6. The first-order valence-corrected chi connectivity index (χ1v) is 11.1. The highest BCUT2D eigenvalue weighted by Gasteiger charge is 2.16. The van der Waals surface area contributed by atoms with Gasteiger partial charge in [-0.2, -0.15) is 0 Å². The number of methoxy groups -OCH3 is 1. The highest BCUT2D eigenvalue weighted by atomic mass is 16.5. The van der Waals surface area contributed by atoms with Crippen LogP contribution in [0.5, 0.6) is 0 Å². The van der Waals surface area contributed by atoms with Gasteiger partial charge in [0.05, 0.1) is 13.5 Å². The maximum atomic E-state index is 12.1. The predicted octanol–water partition coefficient (Wildman–Crippen LogP) is 6.68. The third-order valence-electron chi connectivity index (χ3n) is 6.05. The molecule has 0 saturated heterocycles. The molecule has 32 heavy (non-hydrogen) atoms. The van der Waals surface area contributed by atoms with Crippen LogP contribution in [-0.4, -0.2) is 17.6 Å². The van der Waals surface area contributed by atoms with E-state index in [2.05, 4.69) is 105 Å². The van der Waals surface area contributed by atoms with Gasteiger partial charge in [-0.3, -0.25) is 4.79 Å². The van der Waals surface area contributed by atoms with Crippen LogP contribution in [0.3, 0.4) is 0 Å². The number of rotatable bonds is 5. The fraction of sp³-hybridized carbons (Fsp3) is 0.276. The van der Waals surface area contributed by atoms with Crippen molar-refractivity contribution in [2.75, 3.05) is 7.11 Å². The summed E-state index contributed by atoms with van der Waals surface area (Å²) in [5, 5.41) is 1.13. The molecule has 4 aromatic rings. The number of aryl methyl sites for hydroxylation is 1. The molecule has 0 saturated carbocycles. The number of ether oxygens (including phenoxy) is 1. The van der Waals surface area contributed by atoms with Gasteiger partial charge in [0.15, 0.2) is 0 Å². The summed E-state index contributed by atoms with van der Waals surface area (Å²) in [5.41, 5.74) is 8.37. The van der Waals surface area contributed by atoms with Gasteiger partial charge in [0.2, 0.25) is 0 Å². The maximum absolute atomic E-state index is 12.1. The number of esters is 1. The monoisotopic (exact) mass is 425 g/mol. The van der Waals surface area contributed by atoms with Gasteiger partial charge in [-0.05, 0) is 52.8 Å². The second kappa shape index (κ2) is 8.66. The second-order valence-electron chi connectivity index (χ2n) is 9.56. The molecule has 3 nitrogen and oxygen atoms in total. The molecule has 0 fully saturated rings. The summed E-state index contributed by atoms with van der Waals surface area (Å²) >= 11 is 0. The number of carbonyl (C=O) groups is 1. The summed E-state index contributed by atoms with van der Waals surface area (Å²) in [5.74, 6) is -0.226. The van der Waals surface area contributed by atoms with Crippen molar-refractivity contribution in [1.82, 2.24) is 4.57 Å². The van der Waals surface area contributed by atoms with Crippen molar-refractivity contribution >= 4 is 16.9 Å². The lowest BCUT2D eigenvalue weighted by molar-refractivity contribution is -0.139. The van der Waals surface area contributed by atoms with Gasteiger partial charge in [0.1, 0.15) is 0 Å². The van der Waals surface area contributed by atoms with E-state index in [-0.39, 0.29) is 17.8 Å². The van der Waals surface area contributed by atoms with Crippen LogP contribution in [0.15, 0.2) is 72.8 Å². The first kappa shape index (κ1) is 21.9. The van der Waals surface area contributed by atoms with E-state index in [4.69, 9.17) is 4.74 Å². The van der Waals surface area contributed by atoms with E-state index < -0.39 is 0 Å². The van der Waals surface area contributed by atoms with Crippen LogP contribution < -0.4 is 0 Å². The fourth-order valence-electron chi connectivity index (χ4n) is 4.18. The van der Waals surface area contributed by atoms with Crippen molar-refractivity contribution in [3.63, 3.8) is 0 Å². The molecule has 3 aromatic carbocycles. The largest absolute Gasteiger partial charge is 0.469 e. The molecular weight excluding hydrogens is 394 g/mol. The summed E-state index contributed by atoms with van der Waals surface area (Å²) in [7, 11) is 1.44. The molecule has 0 bridgehead atoms. The SMILES string of the molecule is COC(=O)Cc1cc2cc(-c3cccc(C)c3)ccc2n1Cc1ccc(C(C)(C)C)cc1. The average Bonchev–Trinajstić information content (AvgIpc) is 3.09. The Morgan fingerprint density at radius 1 is 0.906 bits per heavy atom. The quantitative estimate of drug-likeness (QED) is 0.334. The lowest BCUT2D eigenvalue weighted by Gasteiger charge is -2.19. The van der Waals surface area contributed by atoms with Crippen LogP contribution >= 0.6 is 0 Å². The number of fused-ring (bicyclic) bond motifs is 1. The van der Waals surface area contributed by atoms with Crippen molar-refractivity contribution in [1.29, 1.82) is 0 Å². The minimum atomic E-state index is -0.226. The summed E-state index contributed by atoms with van der Waals surface area (Å²) in [6, 6.07) is 26.0. The first-order valence-electron chi connectivity index (χ1n) is 11.1. The molecule has 0 unspecified atom stereocenters. The Labute approximate surface area is 190 Å². The molecule has 0 N–H and O–H groups in total. The molecule has 3 heteroatoms. The van der Waals surface area contributed by atoms with Gasteiger partial charge in [0, 0.05) is 23.1 Å². The van der Waals surface area contributed by atoms with Crippen molar-refractivity contribution in [3.8, 4) is 11.1 Å². The van der Waals surface area contributed by atoms with Crippen molar-refractivity contribution in [3.05, 3.63) is 95.2 Å². The third-order valence-corrected chi connectivity index (χ3v) is 6.05. The number of nitrogens with zero attached hydrogens (tertiary/aromatic N) is 1. The normalized spacial score (nSPS) is 11.7. The van der Waals surface area contributed by atoms with E-state index in [1.165, 1.54) is 34.9 Å². The van der Waals surface area contributed by atoms with Crippen LogP contribution in [-0.2, 0) is 27.9 Å². The van der Waals surface area contributed by atoms with E-state index in [1.54, 1.807) is 0 Å². The van der Waals surface area contributed by atoms with Crippen LogP contribution in [0, 0.1) is 6.92 Å². The highest BCUT2D eigenvalue weighted by molar-refractivity contribution is 5.88. The first-order chi connectivity index (χ1) is 15.2. The zero-order chi connectivity index (χ0) is 22.9. The Balaban J connectivity index is 1.75. The molecule has 1 aromatic heterocycles. The number of hydrogen-bond donors (Lipinski definition) is 0. The van der Waals surface area contributed by atoms with Gasteiger partial charge < -0.3 is 9.30 Å². The van der Waals surface area contributed by atoms with Crippen molar-refractivity contribution in [2.24, 2.45) is 0 Å². The Morgan fingerprint density at radius 3 is 2.28 bits per heavy atom. The minimum absolute atomic E-state index is 0.126. The van der Waals surface area contributed by atoms with Crippen LogP contribution in [0.1, 0.15) is 43.2 Å². The van der Waals surface area contributed by atoms with Crippen molar-refractivity contribution in [2.45, 2.75) is 46.1 Å². The van der Waals surface area contributed by atoms with Gasteiger partial charge in [-0.15, -0.1) is 0 Å². The minimum Gasteiger partial charge on any atom is -0.469 e. The lowest BCUT2D eigenvalue weighted by Crippen LogP contribution is -2.12. The third kappa shape index (κ3) is 4.62. The molecule has 0 spiro atoms. The maximum Gasteiger partial charge on any atom is 0.311 e. The summed E-state index contributed by atoms with van der Waals surface area (Å²) < 4.78 is 7.20. The fourth-order valence-corrected chi connectivity index (χ4v) is 4.18. The van der Waals surface area contributed by atoms with E-state index in [0.717, 1.165) is 16.6 Å². The molecule has 0 aliphatic rings. The van der Waals surface area contributed by atoms with E-state index >= 15 is 0 Å². The van der Waals surface area contributed by atoms with Crippen LogP contribution in [0.2, 0.25) is 0 Å². The smallest absolute Gasteiger partial charge is 0.311 e. The Hall–Kier alpha value is -3.33. The number of carbonyl (C=O) groups excluding carboxylic acids is 1. The van der Waals surface area contributed by atoms with Gasteiger partial charge >= 0.3 is 5.97 Å². The Bertz CT molecular complexity index is 1260. The summed E-state index contributed by atoms with van der Waals surface area (Å²) in [4.78, 5) is 12.1. The molecule has 0 aliphatic carbocycles. The van der Waals surface area contributed by atoms with Crippen molar-refractivity contribution < 1.29 is 9.53 Å². The standard InChI is InChI=1S/C29H31NO2/c1-20-7-6-8-22(15-20)23-11-14-27-24(16-23)17-26(18-28(31)32-5)30(27)19-21-9-12-25(13-10-21)29(2,3)4/h6-17H,18-19H2,1-5H3. The second-order valence-corrected chi connectivity index (χ2v) is 9.56. The van der Waals surface area contributed by atoms with Crippen LogP contribution in [0.4, 0.5) is 0 Å². The average molecular weight is 426 g/mol.